The lowest BCUT2D eigenvalue weighted by Crippen LogP contribution is -2.59. The molecule has 0 aromatic heterocycles. The van der Waals surface area contributed by atoms with Crippen LogP contribution in [0.25, 0.3) is 0 Å². The Morgan fingerprint density at radius 2 is 1.81 bits per heavy atom. The van der Waals surface area contributed by atoms with E-state index in [9.17, 15) is 19.5 Å². The third kappa shape index (κ3) is 4.34. The summed E-state index contributed by atoms with van der Waals surface area (Å²) < 4.78 is 6.73. The van der Waals surface area contributed by atoms with Crippen LogP contribution in [0.1, 0.15) is 65.7 Å². The van der Waals surface area contributed by atoms with E-state index < -0.39 is 35.6 Å². The predicted octanol–water partition coefficient (Wildman–Crippen LogP) is 2.51. The standard InChI is InChI=1S/C29H43N3O5/c1-4-14-30-15-8-12-22-23(26(30)34)24-27(35)32(21(18-33)17-19(2)3)25-28(36)31(20-10-6-5-7-11-20)16-9-13-29(24,25)37-22/h8-9,12-13,19-25,33H,4-7,10-11,14-18H2,1-3H3/t21-,22+,23-,24+,25?,29+/m1/s1. The smallest absolute Gasteiger partial charge is 0.249 e. The molecule has 8 heteroatoms. The molecule has 1 aliphatic carbocycles. The molecule has 0 bridgehead atoms. The second-order valence-corrected chi connectivity index (χ2v) is 12.0. The maximum Gasteiger partial charge on any atom is 0.249 e. The molecule has 8 nitrogen and oxygen atoms in total. The molecule has 4 heterocycles. The number of hydrogen-bond acceptors (Lipinski definition) is 5. The number of amides is 3. The van der Waals surface area contributed by atoms with E-state index >= 15 is 0 Å². The summed E-state index contributed by atoms with van der Waals surface area (Å²) >= 11 is 0. The number of carbonyl (C=O) groups is 3. The molecule has 6 atom stereocenters. The van der Waals surface area contributed by atoms with Crippen LogP contribution in [0.5, 0.6) is 0 Å². The van der Waals surface area contributed by atoms with Gasteiger partial charge in [-0.2, -0.15) is 0 Å². The fraction of sp³-hybridized carbons (Fsp3) is 0.759. The van der Waals surface area contributed by atoms with Gasteiger partial charge in [-0.05, 0) is 31.6 Å². The molecule has 0 radical (unpaired) electrons. The number of aliphatic hydroxyl groups is 1. The van der Waals surface area contributed by atoms with Gasteiger partial charge >= 0.3 is 0 Å². The van der Waals surface area contributed by atoms with E-state index in [1.165, 1.54) is 6.42 Å². The molecule has 1 unspecified atom stereocenters. The number of fused-ring (bicyclic) bond motifs is 2. The lowest BCUT2D eigenvalue weighted by atomic mass is 9.77. The van der Waals surface area contributed by atoms with Crippen LogP contribution in [-0.2, 0) is 19.1 Å². The maximum atomic E-state index is 14.5. The Morgan fingerprint density at radius 3 is 2.49 bits per heavy atom. The molecule has 1 N–H and O–H groups in total. The van der Waals surface area contributed by atoms with Gasteiger partial charge in [0, 0.05) is 25.7 Å². The van der Waals surface area contributed by atoms with Crippen LogP contribution in [0.2, 0.25) is 0 Å². The second kappa shape index (κ2) is 10.5. The zero-order valence-corrected chi connectivity index (χ0v) is 22.6. The normalized spacial score (nSPS) is 35.1. The number of hydrogen-bond donors (Lipinski definition) is 1. The van der Waals surface area contributed by atoms with Gasteiger partial charge in [0.05, 0.1) is 30.6 Å². The van der Waals surface area contributed by atoms with Gasteiger partial charge in [-0.3, -0.25) is 14.4 Å². The predicted molar refractivity (Wildman–Crippen MR) is 139 cm³/mol. The van der Waals surface area contributed by atoms with Crippen molar-refractivity contribution < 1.29 is 24.2 Å². The Labute approximate surface area is 220 Å². The topological polar surface area (TPSA) is 90.4 Å². The number of nitrogens with zero attached hydrogens (tertiary/aromatic N) is 3. The van der Waals surface area contributed by atoms with E-state index in [-0.39, 0.29) is 36.3 Å². The minimum Gasteiger partial charge on any atom is -0.394 e. The molecule has 0 aromatic rings. The summed E-state index contributed by atoms with van der Waals surface area (Å²) in [7, 11) is 0. The van der Waals surface area contributed by atoms with Gasteiger partial charge in [-0.1, -0.05) is 64.3 Å². The highest BCUT2D eigenvalue weighted by Crippen LogP contribution is 2.54. The highest BCUT2D eigenvalue weighted by Gasteiger charge is 2.72. The zero-order chi connectivity index (χ0) is 26.3. The summed E-state index contributed by atoms with van der Waals surface area (Å²) in [5, 5.41) is 10.5. The largest absolute Gasteiger partial charge is 0.394 e. The van der Waals surface area contributed by atoms with E-state index in [0.29, 0.717) is 26.1 Å². The minimum absolute atomic E-state index is 0.0775. The molecule has 1 spiro atoms. The first-order valence-corrected chi connectivity index (χ1v) is 14.4. The summed E-state index contributed by atoms with van der Waals surface area (Å²) in [5.41, 5.74) is -1.22. The van der Waals surface area contributed by atoms with Gasteiger partial charge in [0.1, 0.15) is 11.6 Å². The lowest BCUT2D eigenvalue weighted by molar-refractivity contribution is -0.153. The van der Waals surface area contributed by atoms with Gasteiger partial charge in [-0.15, -0.1) is 0 Å². The minimum atomic E-state index is -1.22. The highest BCUT2D eigenvalue weighted by atomic mass is 16.5. The monoisotopic (exact) mass is 513 g/mol. The molecule has 5 rings (SSSR count). The zero-order valence-electron chi connectivity index (χ0n) is 22.6. The van der Waals surface area contributed by atoms with E-state index in [4.69, 9.17) is 4.74 Å². The van der Waals surface area contributed by atoms with Gasteiger partial charge in [0.2, 0.25) is 17.7 Å². The molecule has 3 fully saturated rings. The van der Waals surface area contributed by atoms with Crippen LogP contribution in [0.3, 0.4) is 0 Å². The van der Waals surface area contributed by atoms with Gasteiger partial charge in [0.25, 0.3) is 0 Å². The molecule has 1 saturated carbocycles. The molecule has 2 saturated heterocycles. The Hall–Kier alpha value is -2.19. The maximum absolute atomic E-state index is 14.5. The molecule has 0 aromatic carbocycles. The first-order valence-electron chi connectivity index (χ1n) is 14.4. The van der Waals surface area contributed by atoms with E-state index in [1.807, 2.05) is 41.0 Å². The third-order valence-corrected chi connectivity index (χ3v) is 9.07. The number of carbonyl (C=O) groups excluding carboxylic acids is 3. The molecular formula is C29H43N3O5. The van der Waals surface area contributed by atoms with Gasteiger partial charge in [-0.25, -0.2) is 0 Å². The Kier molecular flexibility index (Phi) is 7.51. The highest BCUT2D eigenvalue weighted by molar-refractivity contribution is 6.00. The summed E-state index contributed by atoms with van der Waals surface area (Å²) in [6.07, 6.45) is 13.9. The van der Waals surface area contributed by atoms with Crippen molar-refractivity contribution in [2.75, 3.05) is 26.2 Å². The van der Waals surface area contributed by atoms with Crippen LogP contribution in [0.4, 0.5) is 0 Å². The number of aliphatic hydroxyl groups excluding tert-OH is 1. The third-order valence-electron chi connectivity index (χ3n) is 9.07. The van der Waals surface area contributed by atoms with Crippen molar-refractivity contribution in [1.82, 2.24) is 14.7 Å². The summed E-state index contributed by atoms with van der Waals surface area (Å²) in [6.45, 7) is 7.51. The lowest BCUT2D eigenvalue weighted by Gasteiger charge is -2.41. The number of ether oxygens (including phenoxy) is 1. The summed E-state index contributed by atoms with van der Waals surface area (Å²) in [4.78, 5) is 48.1. The second-order valence-electron chi connectivity index (χ2n) is 12.0. The fourth-order valence-corrected chi connectivity index (χ4v) is 7.55. The number of rotatable bonds is 7. The van der Waals surface area contributed by atoms with E-state index in [0.717, 1.165) is 32.1 Å². The SMILES string of the molecule is CCCN1CC=C[C@@H]2O[C@]34C=CCN(C5CCCCC5)C(=O)C3N([C@@H](CO)CC(C)C)C(=O)[C@@H]4[C@@H]2C1=O. The Bertz CT molecular complexity index is 957. The molecule has 204 valence electrons. The molecule has 4 aliphatic heterocycles. The van der Waals surface area contributed by atoms with Crippen LogP contribution >= 0.6 is 0 Å². The first kappa shape index (κ1) is 26.4. The van der Waals surface area contributed by atoms with Crippen molar-refractivity contribution in [2.45, 2.75) is 95.5 Å². The van der Waals surface area contributed by atoms with Crippen molar-refractivity contribution in [1.29, 1.82) is 0 Å². The van der Waals surface area contributed by atoms with Crippen molar-refractivity contribution in [2.24, 2.45) is 17.8 Å². The Balaban J connectivity index is 1.60. The number of likely N-dealkylation sites (tertiary alicyclic amines) is 1. The van der Waals surface area contributed by atoms with Gasteiger partial charge < -0.3 is 24.5 Å². The van der Waals surface area contributed by atoms with Crippen LogP contribution in [-0.4, -0.2) is 93.6 Å². The molecule has 3 amide bonds. The van der Waals surface area contributed by atoms with E-state index in [2.05, 4.69) is 13.8 Å². The first-order chi connectivity index (χ1) is 17.8. The molecular weight excluding hydrogens is 470 g/mol. The van der Waals surface area contributed by atoms with Crippen molar-refractivity contribution in [3.05, 3.63) is 24.3 Å². The van der Waals surface area contributed by atoms with Gasteiger partial charge in [0.15, 0.2) is 0 Å². The van der Waals surface area contributed by atoms with Crippen molar-refractivity contribution >= 4 is 17.7 Å². The summed E-state index contributed by atoms with van der Waals surface area (Å²) in [5.74, 6) is -1.66. The Morgan fingerprint density at radius 1 is 1.05 bits per heavy atom. The van der Waals surface area contributed by atoms with Crippen LogP contribution in [0.15, 0.2) is 24.3 Å². The average Bonchev–Trinajstić information content (AvgIpc) is 3.21. The van der Waals surface area contributed by atoms with Crippen LogP contribution in [0, 0.1) is 17.8 Å². The average molecular weight is 514 g/mol. The molecule has 5 aliphatic rings. The fourth-order valence-electron chi connectivity index (χ4n) is 7.55. The van der Waals surface area contributed by atoms with Crippen molar-refractivity contribution in [3.8, 4) is 0 Å². The van der Waals surface area contributed by atoms with E-state index in [1.54, 1.807) is 4.90 Å². The quantitative estimate of drug-likeness (QED) is 0.529. The summed E-state index contributed by atoms with van der Waals surface area (Å²) in [6, 6.07) is -1.24. The van der Waals surface area contributed by atoms with Crippen LogP contribution < -0.4 is 0 Å². The van der Waals surface area contributed by atoms with Crippen molar-refractivity contribution in [3.63, 3.8) is 0 Å². The molecule has 37 heavy (non-hydrogen) atoms.